The van der Waals surface area contributed by atoms with Crippen molar-refractivity contribution < 1.29 is 4.74 Å². The van der Waals surface area contributed by atoms with Crippen LogP contribution in [0.2, 0.25) is 0 Å². The number of para-hydroxylation sites is 1. The summed E-state index contributed by atoms with van der Waals surface area (Å²) in [6, 6.07) is 7.55. The van der Waals surface area contributed by atoms with Crippen LogP contribution < -0.4 is 15.9 Å². The van der Waals surface area contributed by atoms with Crippen LogP contribution in [0, 0.1) is 0 Å². The molecule has 14 heavy (non-hydrogen) atoms. The van der Waals surface area contributed by atoms with E-state index in [1.165, 1.54) is 0 Å². The van der Waals surface area contributed by atoms with E-state index in [1.807, 2.05) is 24.3 Å². The predicted octanol–water partition coefficient (Wildman–Crippen LogP) is 1.05. The first-order chi connectivity index (χ1) is 6.74. The van der Waals surface area contributed by atoms with Crippen LogP contribution in [0.5, 0.6) is 5.75 Å². The maximum absolute atomic E-state index is 5.28. The van der Waals surface area contributed by atoms with Crippen LogP contribution >= 0.6 is 0 Å². The molecule has 4 heteroatoms. The maximum Gasteiger partial charge on any atom is 0.127 e. The van der Waals surface area contributed by atoms with E-state index in [9.17, 15) is 0 Å². The van der Waals surface area contributed by atoms with Crippen molar-refractivity contribution in [1.29, 1.82) is 0 Å². The number of ether oxygens (including phenoxy) is 1. The molecule has 0 aliphatic carbocycles. The number of nitrogens with one attached hydrogen (secondary N) is 1. The molecule has 74 valence electrons. The summed E-state index contributed by atoms with van der Waals surface area (Å²) < 4.78 is 5.13. The van der Waals surface area contributed by atoms with Gasteiger partial charge in [0.25, 0.3) is 0 Å². The van der Waals surface area contributed by atoms with Crippen LogP contribution in [0.15, 0.2) is 41.8 Å². The fourth-order valence-electron chi connectivity index (χ4n) is 0.958. The molecule has 0 aromatic heterocycles. The lowest BCUT2D eigenvalue weighted by atomic mass is 10.2. The number of hydrogen-bond donors (Lipinski definition) is 2. The third-order valence-electron chi connectivity index (χ3n) is 1.55. The van der Waals surface area contributed by atoms with Crippen LogP contribution in [0.1, 0.15) is 5.56 Å². The van der Waals surface area contributed by atoms with Crippen LogP contribution in [-0.4, -0.2) is 13.3 Å². The van der Waals surface area contributed by atoms with E-state index >= 15 is 0 Å². The van der Waals surface area contributed by atoms with Crippen LogP contribution in [-0.2, 0) is 0 Å². The van der Waals surface area contributed by atoms with E-state index in [1.54, 1.807) is 13.3 Å². The lowest BCUT2D eigenvalue weighted by Gasteiger charge is -2.02. The van der Waals surface area contributed by atoms with Crippen molar-refractivity contribution >= 4 is 6.21 Å². The minimum absolute atomic E-state index is 0.302. The maximum atomic E-state index is 5.28. The van der Waals surface area contributed by atoms with Gasteiger partial charge >= 0.3 is 0 Å². The highest BCUT2D eigenvalue weighted by Crippen LogP contribution is 2.14. The quantitative estimate of drug-likeness (QED) is 0.552. The summed E-state index contributed by atoms with van der Waals surface area (Å²) in [5.74, 6) is 1.07. The van der Waals surface area contributed by atoms with Crippen LogP contribution in [0.3, 0.4) is 0 Å². The van der Waals surface area contributed by atoms with Crippen molar-refractivity contribution in [2.45, 2.75) is 0 Å². The number of rotatable bonds is 4. The third-order valence-corrected chi connectivity index (χ3v) is 1.55. The number of hydrogen-bond acceptors (Lipinski definition) is 4. The summed E-state index contributed by atoms with van der Waals surface area (Å²) in [6.45, 7) is 3.45. The van der Waals surface area contributed by atoms with Gasteiger partial charge in [0.1, 0.15) is 11.6 Å². The molecule has 0 amide bonds. The Hall–Kier alpha value is -1.97. The molecule has 4 nitrogen and oxygen atoms in total. The molecular formula is C10H13N3O. The number of nitrogens with two attached hydrogens (primary N) is 1. The lowest BCUT2D eigenvalue weighted by Crippen LogP contribution is -2.12. The Kier molecular flexibility index (Phi) is 3.55. The van der Waals surface area contributed by atoms with E-state index in [-0.39, 0.29) is 0 Å². The molecule has 0 atom stereocenters. The van der Waals surface area contributed by atoms with Crippen LogP contribution in [0.25, 0.3) is 0 Å². The molecule has 0 aliphatic rings. The van der Waals surface area contributed by atoms with Gasteiger partial charge in [-0.2, -0.15) is 5.10 Å². The van der Waals surface area contributed by atoms with E-state index in [0.29, 0.717) is 5.82 Å². The normalized spacial score (nSPS) is 10.1. The van der Waals surface area contributed by atoms with E-state index in [2.05, 4.69) is 17.1 Å². The van der Waals surface area contributed by atoms with E-state index in [4.69, 9.17) is 10.5 Å². The minimum atomic E-state index is 0.302. The zero-order chi connectivity index (χ0) is 10.4. The van der Waals surface area contributed by atoms with Gasteiger partial charge in [-0.3, -0.25) is 5.43 Å². The Morgan fingerprint density at radius 3 is 2.93 bits per heavy atom. The highest BCUT2D eigenvalue weighted by molar-refractivity contribution is 5.83. The molecule has 3 N–H and O–H groups in total. The average molecular weight is 191 g/mol. The molecule has 1 rings (SSSR count). The number of benzene rings is 1. The van der Waals surface area contributed by atoms with E-state index in [0.717, 1.165) is 11.3 Å². The molecule has 0 radical (unpaired) electrons. The van der Waals surface area contributed by atoms with Crippen molar-refractivity contribution in [2.24, 2.45) is 10.8 Å². The Morgan fingerprint density at radius 2 is 2.29 bits per heavy atom. The standard InChI is InChI=1S/C10H13N3O/c1-8(11)13-12-7-9-5-3-4-6-10(9)14-2/h3-7,13H,1,11H2,2H3/b12-7+. The van der Waals surface area contributed by atoms with Gasteiger partial charge in [0.15, 0.2) is 0 Å². The number of nitrogens with zero attached hydrogens (tertiary/aromatic N) is 1. The molecule has 0 heterocycles. The zero-order valence-corrected chi connectivity index (χ0v) is 8.03. The molecule has 0 saturated carbocycles. The third kappa shape index (κ3) is 2.82. The summed E-state index contributed by atoms with van der Waals surface area (Å²) >= 11 is 0. The molecule has 0 aliphatic heterocycles. The molecule has 1 aromatic rings. The molecule has 0 unspecified atom stereocenters. The fourth-order valence-corrected chi connectivity index (χ4v) is 0.958. The van der Waals surface area contributed by atoms with Gasteiger partial charge in [-0.25, -0.2) is 0 Å². The fraction of sp³-hybridized carbons (Fsp3) is 0.100. The minimum Gasteiger partial charge on any atom is -0.496 e. The van der Waals surface area contributed by atoms with Gasteiger partial charge in [-0.15, -0.1) is 0 Å². The first kappa shape index (κ1) is 10.1. The highest BCUT2D eigenvalue weighted by Gasteiger charge is 1.96. The summed E-state index contributed by atoms with van der Waals surface area (Å²) in [5, 5.41) is 3.87. The van der Waals surface area contributed by atoms with Crippen molar-refractivity contribution in [3.63, 3.8) is 0 Å². The Balaban J connectivity index is 2.75. The van der Waals surface area contributed by atoms with Crippen molar-refractivity contribution in [3.8, 4) is 5.75 Å². The first-order valence-electron chi connectivity index (χ1n) is 4.10. The Bertz CT molecular complexity index is 347. The molecule has 0 spiro atoms. The second kappa shape index (κ2) is 4.91. The van der Waals surface area contributed by atoms with Crippen molar-refractivity contribution in [2.75, 3.05) is 7.11 Å². The monoisotopic (exact) mass is 191 g/mol. The van der Waals surface area contributed by atoms with E-state index < -0.39 is 0 Å². The summed E-state index contributed by atoms with van der Waals surface area (Å²) in [5.41, 5.74) is 8.70. The van der Waals surface area contributed by atoms with Gasteiger partial charge in [-0.05, 0) is 12.1 Å². The van der Waals surface area contributed by atoms with Gasteiger partial charge in [-0.1, -0.05) is 18.7 Å². The highest BCUT2D eigenvalue weighted by atomic mass is 16.5. The Labute approximate surface area is 83.1 Å². The summed E-state index contributed by atoms with van der Waals surface area (Å²) in [4.78, 5) is 0. The topological polar surface area (TPSA) is 59.6 Å². The summed E-state index contributed by atoms with van der Waals surface area (Å²) in [7, 11) is 1.61. The molecular weight excluding hydrogens is 178 g/mol. The van der Waals surface area contributed by atoms with Crippen molar-refractivity contribution in [3.05, 3.63) is 42.2 Å². The molecule has 0 bridgehead atoms. The molecule has 0 saturated heterocycles. The second-order valence-electron chi connectivity index (χ2n) is 2.64. The smallest absolute Gasteiger partial charge is 0.127 e. The molecule has 1 aromatic carbocycles. The average Bonchev–Trinajstić information content (AvgIpc) is 2.18. The van der Waals surface area contributed by atoms with Gasteiger partial charge in [0.05, 0.1) is 13.3 Å². The molecule has 0 fully saturated rings. The largest absolute Gasteiger partial charge is 0.496 e. The van der Waals surface area contributed by atoms with Crippen LogP contribution in [0.4, 0.5) is 0 Å². The SMILES string of the molecule is C=C(N)N/N=C/c1ccccc1OC. The second-order valence-corrected chi connectivity index (χ2v) is 2.64. The summed E-state index contributed by atoms with van der Waals surface area (Å²) in [6.07, 6.45) is 1.62. The Morgan fingerprint density at radius 1 is 1.57 bits per heavy atom. The zero-order valence-electron chi connectivity index (χ0n) is 8.03. The number of methoxy groups -OCH3 is 1. The first-order valence-corrected chi connectivity index (χ1v) is 4.10. The predicted molar refractivity (Wildman–Crippen MR) is 57.1 cm³/mol. The van der Waals surface area contributed by atoms with Gasteiger partial charge in [0, 0.05) is 5.56 Å². The number of hydrazone groups is 1. The van der Waals surface area contributed by atoms with Gasteiger partial charge in [0.2, 0.25) is 0 Å². The van der Waals surface area contributed by atoms with Gasteiger partial charge < -0.3 is 10.5 Å². The lowest BCUT2D eigenvalue weighted by molar-refractivity contribution is 0.414. The van der Waals surface area contributed by atoms with Crippen molar-refractivity contribution in [1.82, 2.24) is 5.43 Å².